The van der Waals surface area contributed by atoms with Gasteiger partial charge >= 0.3 is 0 Å². The fraction of sp³-hybridized carbons (Fsp3) is 0.222. The lowest BCUT2D eigenvalue weighted by molar-refractivity contribution is -0.125. The Bertz CT molecular complexity index is 761. The highest BCUT2D eigenvalue weighted by atomic mass is 19.1. The number of rotatable bonds is 7. The molecule has 0 aromatic heterocycles. The summed E-state index contributed by atoms with van der Waals surface area (Å²) in [5.74, 6) is -1.08. The Hall–Kier alpha value is -2.96. The second kappa shape index (κ2) is 8.77. The molecule has 0 heterocycles. The molecule has 2 aromatic carbocycles. The number of halogens is 2. The summed E-state index contributed by atoms with van der Waals surface area (Å²) in [6, 6.07) is 10.5. The van der Waals surface area contributed by atoms with Crippen LogP contribution in [0.5, 0.6) is 0 Å². The molecule has 0 saturated heterocycles. The number of amidine groups is 1. The van der Waals surface area contributed by atoms with E-state index < -0.39 is 5.82 Å². The Kier molecular flexibility index (Phi) is 6.45. The first-order chi connectivity index (χ1) is 12.0. The van der Waals surface area contributed by atoms with Gasteiger partial charge in [0.05, 0.1) is 0 Å². The third kappa shape index (κ3) is 5.87. The van der Waals surface area contributed by atoms with Crippen molar-refractivity contribution in [3.63, 3.8) is 0 Å². The van der Waals surface area contributed by atoms with E-state index in [1.807, 2.05) is 0 Å². The summed E-state index contributed by atoms with van der Waals surface area (Å²) < 4.78 is 26.2. The molecular formula is C18H19F2N3O2. The fourth-order valence-electron chi connectivity index (χ4n) is 2.01. The van der Waals surface area contributed by atoms with Crippen LogP contribution in [0.1, 0.15) is 16.7 Å². The highest BCUT2D eigenvalue weighted by Gasteiger charge is 2.05. The molecule has 5 nitrogen and oxygen atoms in total. The standard InChI is InChI=1S/C18H19F2N3O2/c1-12-2-5-14(10-16(12)20)18(21)23-25-11-17(24)22-9-8-13-3-6-15(19)7-4-13/h2-7,10H,8-9,11H2,1H3,(H2,21,23)(H,22,24). The van der Waals surface area contributed by atoms with E-state index in [0.29, 0.717) is 24.1 Å². The minimum Gasteiger partial charge on any atom is -0.384 e. The number of nitrogens with two attached hydrogens (primary N) is 1. The van der Waals surface area contributed by atoms with Crippen LogP contribution in [0, 0.1) is 18.6 Å². The Morgan fingerprint density at radius 3 is 2.60 bits per heavy atom. The van der Waals surface area contributed by atoms with Gasteiger partial charge in [-0.1, -0.05) is 29.4 Å². The molecule has 3 N–H and O–H groups in total. The topological polar surface area (TPSA) is 76.7 Å². The Morgan fingerprint density at radius 2 is 1.92 bits per heavy atom. The van der Waals surface area contributed by atoms with Crippen LogP contribution in [0.3, 0.4) is 0 Å². The van der Waals surface area contributed by atoms with E-state index in [0.717, 1.165) is 5.56 Å². The minimum absolute atomic E-state index is 0.0157. The van der Waals surface area contributed by atoms with Gasteiger partial charge in [-0.05, 0) is 42.7 Å². The average Bonchev–Trinajstić information content (AvgIpc) is 2.59. The van der Waals surface area contributed by atoms with Crippen LogP contribution < -0.4 is 11.1 Å². The molecule has 0 bridgehead atoms. The lowest BCUT2D eigenvalue weighted by Crippen LogP contribution is -2.29. The van der Waals surface area contributed by atoms with Crippen molar-refractivity contribution in [2.24, 2.45) is 10.9 Å². The van der Waals surface area contributed by atoms with E-state index in [2.05, 4.69) is 10.5 Å². The molecule has 0 radical (unpaired) electrons. The molecule has 2 aromatic rings. The van der Waals surface area contributed by atoms with Crippen molar-refractivity contribution in [3.8, 4) is 0 Å². The number of benzene rings is 2. The molecule has 0 aliphatic heterocycles. The van der Waals surface area contributed by atoms with Crippen molar-refractivity contribution in [2.45, 2.75) is 13.3 Å². The monoisotopic (exact) mass is 347 g/mol. The third-order valence-electron chi connectivity index (χ3n) is 3.48. The molecule has 0 unspecified atom stereocenters. The van der Waals surface area contributed by atoms with Gasteiger partial charge in [-0.25, -0.2) is 8.78 Å². The van der Waals surface area contributed by atoms with Crippen LogP contribution in [0.15, 0.2) is 47.6 Å². The van der Waals surface area contributed by atoms with E-state index >= 15 is 0 Å². The lowest BCUT2D eigenvalue weighted by atomic mass is 10.1. The maximum Gasteiger partial charge on any atom is 0.260 e. The number of hydrogen-bond donors (Lipinski definition) is 2. The molecular weight excluding hydrogens is 328 g/mol. The van der Waals surface area contributed by atoms with E-state index in [-0.39, 0.29) is 24.2 Å². The number of nitrogens with zero attached hydrogens (tertiary/aromatic N) is 1. The summed E-state index contributed by atoms with van der Waals surface area (Å²) in [4.78, 5) is 16.5. The Labute approximate surface area is 144 Å². The van der Waals surface area contributed by atoms with Gasteiger partial charge in [0.25, 0.3) is 5.91 Å². The van der Waals surface area contributed by atoms with Gasteiger partial charge < -0.3 is 15.9 Å². The van der Waals surface area contributed by atoms with Gasteiger partial charge in [-0.2, -0.15) is 0 Å². The normalized spacial score (nSPS) is 11.2. The second-order valence-corrected chi connectivity index (χ2v) is 5.44. The molecule has 1 amide bonds. The number of carbonyl (C=O) groups excluding carboxylic acids is 1. The molecule has 0 saturated carbocycles. The largest absolute Gasteiger partial charge is 0.384 e. The number of amides is 1. The van der Waals surface area contributed by atoms with Gasteiger partial charge in [0.1, 0.15) is 11.6 Å². The maximum absolute atomic E-state index is 13.5. The summed E-state index contributed by atoms with van der Waals surface area (Å²) in [5, 5.41) is 6.25. The molecule has 132 valence electrons. The first-order valence-corrected chi connectivity index (χ1v) is 7.69. The molecule has 0 aliphatic rings. The SMILES string of the molecule is Cc1ccc(C(N)=NOCC(=O)NCCc2ccc(F)cc2)cc1F. The highest BCUT2D eigenvalue weighted by Crippen LogP contribution is 2.09. The first-order valence-electron chi connectivity index (χ1n) is 7.69. The summed E-state index contributed by atoms with van der Waals surface area (Å²) in [6.45, 7) is 1.72. The molecule has 7 heteroatoms. The molecule has 25 heavy (non-hydrogen) atoms. The molecule has 0 aliphatic carbocycles. The van der Waals surface area contributed by atoms with Gasteiger partial charge in [-0.3, -0.25) is 4.79 Å². The van der Waals surface area contributed by atoms with Crippen LogP contribution in [0.4, 0.5) is 8.78 Å². The fourth-order valence-corrected chi connectivity index (χ4v) is 2.01. The third-order valence-corrected chi connectivity index (χ3v) is 3.48. The first kappa shape index (κ1) is 18.4. The van der Waals surface area contributed by atoms with Crippen LogP contribution in [0.25, 0.3) is 0 Å². The van der Waals surface area contributed by atoms with Crippen LogP contribution in [-0.2, 0) is 16.1 Å². The quantitative estimate of drug-likeness (QED) is 0.458. The van der Waals surface area contributed by atoms with Crippen molar-refractivity contribution < 1.29 is 18.4 Å². The van der Waals surface area contributed by atoms with Gasteiger partial charge in [-0.15, -0.1) is 0 Å². The van der Waals surface area contributed by atoms with E-state index in [4.69, 9.17) is 10.6 Å². The van der Waals surface area contributed by atoms with Crippen molar-refractivity contribution in [2.75, 3.05) is 13.2 Å². The zero-order valence-electron chi connectivity index (χ0n) is 13.8. The average molecular weight is 347 g/mol. The zero-order valence-corrected chi connectivity index (χ0v) is 13.8. The van der Waals surface area contributed by atoms with Crippen LogP contribution in [-0.4, -0.2) is 24.9 Å². The van der Waals surface area contributed by atoms with Crippen molar-refractivity contribution in [3.05, 3.63) is 70.8 Å². The predicted molar refractivity (Wildman–Crippen MR) is 90.9 cm³/mol. The summed E-state index contributed by atoms with van der Waals surface area (Å²) in [6.07, 6.45) is 0.570. The number of aryl methyl sites for hydroxylation is 1. The predicted octanol–water partition coefficient (Wildman–Crippen LogP) is 2.27. The molecule has 0 spiro atoms. The van der Waals surface area contributed by atoms with E-state index in [9.17, 15) is 13.6 Å². The van der Waals surface area contributed by atoms with E-state index in [1.54, 1.807) is 31.2 Å². The van der Waals surface area contributed by atoms with Crippen LogP contribution in [0.2, 0.25) is 0 Å². The molecule has 0 atom stereocenters. The smallest absolute Gasteiger partial charge is 0.260 e. The molecule has 2 rings (SSSR count). The molecule has 0 fully saturated rings. The highest BCUT2D eigenvalue weighted by molar-refractivity contribution is 5.97. The Balaban J connectivity index is 1.73. The number of oxime groups is 1. The van der Waals surface area contributed by atoms with Crippen molar-refractivity contribution >= 4 is 11.7 Å². The Morgan fingerprint density at radius 1 is 1.20 bits per heavy atom. The summed E-state index contributed by atoms with van der Waals surface area (Å²) in [5.41, 5.74) is 7.47. The van der Waals surface area contributed by atoms with Crippen molar-refractivity contribution in [1.82, 2.24) is 5.32 Å². The summed E-state index contributed by atoms with van der Waals surface area (Å²) >= 11 is 0. The van der Waals surface area contributed by atoms with Gasteiger partial charge in [0, 0.05) is 12.1 Å². The second-order valence-electron chi connectivity index (χ2n) is 5.44. The number of hydrogen-bond acceptors (Lipinski definition) is 3. The number of nitrogens with one attached hydrogen (secondary N) is 1. The van der Waals surface area contributed by atoms with Crippen LogP contribution >= 0.6 is 0 Å². The maximum atomic E-state index is 13.5. The van der Waals surface area contributed by atoms with Gasteiger partial charge in [0.15, 0.2) is 12.4 Å². The number of carbonyl (C=O) groups is 1. The minimum atomic E-state index is -0.394. The van der Waals surface area contributed by atoms with E-state index in [1.165, 1.54) is 18.2 Å². The zero-order chi connectivity index (χ0) is 18.2. The lowest BCUT2D eigenvalue weighted by Gasteiger charge is -2.06. The summed E-state index contributed by atoms with van der Waals surface area (Å²) in [7, 11) is 0. The van der Waals surface area contributed by atoms with Gasteiger partial charge in [0.2, 0.25) is 0 Å². The van der Waals surface area contributed by atoms with Crippen molar-refractivity contribution in [1.29, 1.82) is 0 Å².